The average Bonchev–Trinajstić information content (AvgIpc) is 3.14. The molecular weight excluding hydrogens is 210 g/mol. The highest BCUT2D eigenvalue weighted by Crippen LogP contribution is 2.40. The number of nitrogens with two attached hydrogens (primary N) is 1. The van der Waals surface area contributed by atoms with Crippen molar-refractivity contribution in [3.05, 3.63) is 29.6 Å². The van der Waals surface area contributed by atoms with E-state index in [-0.39, 0.29) is 0 Å². The van der Waals surface area contributed by atoms with Crippen molar-refractivity contribution in [2.45, 2.75) is 31.6 Å². The van der Waals surface area contributed by atoms with E-state index in [4.69, 9.17) is 10.7 Å². The first-order valence-electron chi connectivity index (χ1n) is 6.37. The van der Waals surface area contributed by atoms with Crippen molar-refractivity contribution in [3.8, 4) is 0 Å². The third-order valence-electron chi connectivity index (χ3n) is 3.80. The zero-order valence-electron chi connectivity index (χ0n) is 10.5. The van der Waals surface area contributed by atoms with E-state index >= 15 is 0 Å². The van der Waals surface area contributed by atoms with Gasteiger partial charge in [0, 0.05) is 13.0 Å². The van der Waals surface area contributed by atoms with E-state index in [0.29, 0.717) is 18.4 Å². The molecule has 0 bridgehead atoms. The van der Waals surface area contributed by atoms with E-state index in [1.165, 1.54) is 29.7 Å². The minimum absolute atomic E-state index is 0.408. The first-order chi connectivity index (χ1) is 8.20. The molecule has 1 aliphatic carbocycles. The molecule has 3 heteroatoms. The Balaban J connectivity index is 2.10. The molecule has 2 N–H and O–H groups in total. The molecular formula is C14H19N3. The minimum atomic E-state index is 0.408. The molecule has 1 atom stereocenters. The van der Waals surface area contributed by atoms with Gasteiger partial charge in [0.25, 0.3) is 0 Å². The first kappa shape index (κ1) is 10.8. The molecule has 2 aromatic rings. The van der Waals surface area contributed by atoms with Gasteiger partial charge in [0.1, 0.15) is 5.82 Å². The number of imidazole rings is 1. The van der Waals surface area contributed by atoms with E-state index in [0.717, 1.165) is 5.52 Å². The molecule has 1 unspecified atom stereocenters. The SMILES string of the molecule is CC(CN)c1ccc2c(c1)nc(C1CC1)n2C. The summed E-state index contributed by atoms with van der Waals surface area (Å²) in [5.41, 5.74) is 9.36. The molecule has 1 saturated carbocycles. The molecule has 90 valence electrons. The van der Waals surface area contributed by atoms with Crippen LogP contribution in [-0.2, 0) is 7.05 Å². The van der Waals surface area contributed by atoms with Gasteiger partial charge < -0.3 is 10.3 Å². The van der Waals surface area contributed by atoms with Gasteiger partial charge in [-0.1, -0.05) is 13.0 Å². The Hall–Kier alpha value is -1.35. The Kier molecular flexibility index (Phi) is 2.44. The van der Waals surface area contributed by atoms with Gasteiger partial charge >= 0.3 is 0 Å². The molecule has 1 aromatic heterocycles. The molecule has 3 nitrogen and oxygen atoms in total. The van der Waals surface area contributed by atoms with Crippen molar-refractivity contribution >= 4 is 11.0 Å². The summed E-state index contributed by atoms with van der Waals surface area (Å²) in [4.78, 5) is 4.77. The summed E-state index contributed by atoms with van der Waals surface area (Å²) in [5, 5.41) is 0. The lowest BCUT2D eigenvalue weighted by molar-refractivity contribution is 0.775. The van der Waals surface area contributed by atoms with Crippen LogP contribution in [0.4, 0.5) is 0 Å². The van der Waals surface area contributed by atoms with Crippen LogP contribution >= 0.6 is 0 Å². The predicted octanol–water partition coefficient (Wildman–Crippen LogP) is 2.51. The molecule has 0 amide bonds. The summed E-state index contributed by atoms with van der Waals surface area (Å²) in [7, 11) is 2.12. The third-order valence-corrected chi connectivity index (χ3v) is 3.80. The zero-order chi connectivity index (χ0) is 12.0. The van der Waals surface area contributed by atoms with Crippen LogP contribution in [-0.4, -0.2) is 16.1 Å². The van der Waals surface area contributed by atoms with Crippen LogP contribution in [0.5, 0.6) is 0 Å². The molecule has 1 aliphatic rings. The van der Waals surface area contributed by atoms with E-state index in [1.807, 2.05) is 0 Å². The van der Waals surface area contributed by atoms with Gasteiger partial charge in [0.05, 0.1) is 11.0 Å². The highest BCUT2D eigenvalue weighted by molar-refractivity contribution is 5.77. The maximum absolute atomic E-state index is 5.72. The zero-order valence-corrected chi connectivity index (χ0v) is 10.5. The molecule has 1 aromatic carbocycles. The lowest BCUT2D eigenvalue weighted by atomic mass is 10.0. The Morgan fingerprint density at radius 3 is 2.88 bits per heavy atom. The Bertz CT molecular complexity index is 552. The number of benzene rings is 1. The molecule has 0 aliphatic heterocycles. The summed E-state index contributed by atoms with van der Waals surface area (Å²) >= 11 is 0. The van der Waals surface area contributed by atoms with Crippen LogP contribution in [0, 0.1) is 0 Å². The monoisotopic (exact) mass is 229 g/mol. The first-order valence-corrected chi connectivity index (χ1v) is 6.37. The summed E-state index contributed by atoms with van der Waals surface area (Å²) in [6.07, 6.45) is 2.59. The van der Waals surface area contributed by atoms with Gasteiger partial charge in [0.15, 0.2) is 0 Å². The highest BCUT2D eigenvalue weighted by atomic mass is 15.1. The van der Waals surface area contributed by atoms with E-state index in [9.17, 15) is 0 Å². The van der Waals surface area contributed by atoms with E-state index in [1.54, 1.807) is 0 Å². The van der Waals surface area contributed by atoms with Gasteiger partial charge in [-0.2, -0.15) is 0 Å². The maximum atomic E-state index is 5.72. The minimum Gasteiger partial charge on any atom is -0.331 e. The Labute approximate surface area is 102 Å². The number of aromatic nitrogens is 2. The summed E-state index contributed by atoms with van der Waals surface area (Å²) < 4.78 is 2.24. The van der Waals surface area contributed by atoms with Crippen molar-refractivity contribution in [2.24, 2.45) is 12.8 Å². The summed E-state index contributed by atoms with van der Waals surface area (Å²) in [6, 6.07) is 6.55. The van der Waals surface area contributed by atoms with Gasteiger partial charge in [-0.25, -0.2) is 4.98 Å². The van der Waals surface area contributed by atoms with Gasteiger partial charge in [0.2, 0.25) is 0 Å². The molecule has 17 heavy (non-hydrogen) atoms. The number of hydrogen-bond donors (Lipinski definition) is 1. The number of hydrogen-bond acceptors (Lipinski definition) is 2. The van der Waals surface area contributed by atoms with Crippen LogP contribution in [0.3, 0.4) is 0 Å². The fourth-order valence-electron chi connectivity index (χ4n) is 2.38. The fourth-order valence-corrected chi connectivity index (χ4v) is 2.38. The Morgan fingerprint density at radius 2 is 2.24 bits per heavy atom. The smallest absolute Gasteiger partial charge is 0.112 e. The van der Waals surface area contributed by atoms with Crippen LogP contribution in [0.1, 0.15) is 43.0 Å². The Morgan fingerprint density at radius 1 is 1.47 bits per heavy atom. The van der Waals surface area contributed by atoms with Gasteiger partial charge in [-0.05, 0) is 43.0 Å². The topological polar surface area (TPSA) is 43.8 Å². The molecule has 1 heterocycles. The normalized spacial score (nSPS) is 17.6. The fraction of sp³-hybridized carbons (Fsp3) is 0.500. The molecule has 0 spiro atoms. The second kappa shape index (κ2) is 3.84. The number of rotatable bonds is 3. The standard InChI is InChI=1S/C14H19N3/c1-9(8-15)11-5-6-13-12(7-11)16-14(17(13)2)10-3-4-10/h5-7,9-10H,3-4,8,15H2,1-2H3. The predicted molar refractivity (Wildman–Crippen MR) is 70.2 cm³/mol. The largest absolute Gasteiger partial charge is 0.331 e. The van der Waals surface area contributed by atoms with Crippen LogP contribution in [0.2, 0.25) is 0 Å². The number of fused-ring (bicyclic) bond motifs is 1. The molecule has 0 radical (unpaired) electrons. The lowest BCUT2D eigenvalue weighted by Crippen LogP contribution is -2.08. The van der Waals surface area contributed by atoms with Crippen molar-refractivity contribution < 1.29 is 0 Å². The van der Waals surface area contributed by atoms with Crippen molar-refractivity contribution in [3.63, 3.8) is 0 Å². The molecule has 0 saturated heterocycles. The molecule has 3 rings (SSSR count). The van der Waals surface area contributed by atoms with Gasteiger partial charge in [-0.3, -0.25) is 0 Å². The number of nitrogens with zero attached hydrogens (tertiary/aromatic N) is 2. The van der Waals surface area contributed by atoms with Crippen molar-refractivity contribution in [1.29, 1.82) is 0 Å². The van der Waals surface area contributed by atoms with Crippen LogP contribution in [0.15, 0.2) is 18.2 Å². The van der Waals surface area contributed by atoms with Crippen molar-refractivity contribution in [2.75, 3.05) is 6.54 Å². The number of aryl methyl sites for hydroxylation is 1. The second-order valence-corrected chi connectivity index (χ2v) is 5.19. The lowest BCUT2D eigenvalue weighted by Gasteiger charge is -2.08. The van der Waals surface area contributed by atoms with Crippen LogP contribution in [0.25, 0.3) is 11.0 Å². The quantitative estimate of drug-likeness (QED) is 0.878. The third kappa shape index (κ3) is 1.75. The van der Waals surface area contributed by atoms with E-state index < -0.39 is 0 Å². The summed E-state index contributed by atoms with van der Waals surface area (Å²) in [6.45, 7) is 2.85. The summed E-state index contributed by atoms with van der Waals surface area (Å²) in [5.74, 6) is 2.35. The highest BCUT2D eigenvalue weighted by Gasteiger charge is 2.28. The maximum Gasteiger partial charge on any atom is 0.112 e. The van der Waals surface area contributed by atoms with Crippen molar-refractivity contribution in [1.82, 2.24) is 9.55 Å². The van der Waals surface area contributed by atoms with E-state index in [2.05, 4.69) is 36.7 Å². The molecule has 1 fully saturated rings. The second-order valence-electron chi connectivity index (χ2n) is 5.19. The van der Waals surface area contributed by atoms with Gasteiger partial charge in [-0.15, -0.1) is 0 Å². The van der Waals surface area contributed by atoms with Crippen LogP contribution < -0.4 is 5.73 Å². The average molecular weight is 229 g/mol.